The van der Waals surface area contributed by atoms with Gasteiger partial charge in [-0.25, -0.2) is 9.59 Å². The fourth-order valence-corrected chi connectivity index (χ4v) is 16.5. The van der Waals surface area contributed by atoms with Crippen LogP contribution in [0.25, 0.3) is 10.9 Å². The Labute approximate surface area is 434 Å². The lowest BCUT2D eigenvalue weighted by atomic mass is 10.1. The first-order valence-corrected chi connectivity index (χ1v) is 31.1. The van der Waals surface area contributed by atoms with Gasteiger partial charge < -0.3 is 36.9 Å². The van der Waals surface area contributed by atoms with Gasteiger partial charge in [0.05, 0.1) is 44.0 Å². The third-order valence-electron chi connectivity index (χ3n) is 14.6. The molecule has 2 fully saturated rings. The zero-order chi connectivity index (χ0) is 53.2. The molecule has 2 aliphatic rings. The highest BCUT2D eigenvalue weighted by Crippen LogP contribution is 2.49. The van der Waals surface area contributed by atoms with Crippen LogP contribution in [0, 0.1) is 25.2 Å². The molecule has 6 aromatic rings. The van der Waals surface area contributed by atoms with Crippen LogP contribution in [0.3, 0.4) is 0 Å². The molecular weight excluding hydrogens is 996 g/mol. The van der Waals surface area contributed by atoms with Crippen LogP contribution in [-0.4, -0.2) is 84.5 Å². The highest BCUT2D eigenvalue weighted by molar-refractivity contribution is 7.41. The van der Waals surface area contributed by atoms with E-state index in [-0.39, 0.29) is 37.5 Å². The Kier molecular flexibility index (Phi) is 16.7. The zero-order valence-electron chi connectivity index (χ0n) is 43.9. The molecule has 0 aliphatic carbocycles. The van der Waals surface area contributed by atoms with Crippen molar-refractivity contribution in [2.45, 2.75) is 147 Å². The number of rotatable bonds is 19. The monoisotopic (exact) mass is 1060 g/mol. The van der Waals surface area contributed by atoms with Crippen LogP contribution < -0.4 is 32.9 Å². The van der Waals surface area contributed by atoms with Crippen molar-refractivity contribution in [3.05, 3.63) is 162 Å². The van der Waals surface area contributed by atoms with E-state index in [0.29, 0.717) is 17.5 Å². The Morgan fingerprint density at radius 1 is 0.730 bits per heavy atom. The quantitative estimate of drug-likeness (QED) is 0.0522. The molecule has 2 saturated heterocycles. The number of nitriles is 1. The molecule has 8 atom stereocenters. The van der Waals surface area contributed by atoms with Crippen molar-refractivity contribution in [2.24, 2.45) is 0 Å². The van der Waals surface area contributed by atoms with Gasteiger partial charge in [0.15, 0.2) is 8.32 Å². The summed E-state index contributed by atoms with van der Waals surface area (Å²) in [5.41, 5.74) is 0.223. The van der Waals surface area contributed by atoms with Crippen molar-refractivity contribution in [1.29, 1.82) is 5.26 Å². The smallest absolute Gasteiger partial charge is 0.333 e. The molecular formula is C54H69N6O11PSi2. The topological polar surface area (TPSA) is 214 Å². The molecule has 74 heavy (non-hydrogen) atoms. The predicted octanol–water partition coefficient (Wildman–Crippen LogP) is 7.90. The Morgan fingerprint density at radius 3 is 1.78 bits per heavy atom. The standard InChI is InChI=1S/C54H69N6O11PSi2/c1-35-31-59(51(63)57-49(35)61)47-29-43(46(68-47)34-66-73(9,10)53(3,4)5)70-72(69-39(25-26-55)28-38-27-37-19-17-18-24-42(37)56-38)65-33-45-44(30-48(67-45)60-32-36(2)50(62)58-52(60)64)71-74(54(6,7)8,40-20-13-11-14-21-40)41-22-15-12-16-23-41/h11-24,27,31-32,39,43-48,56H,25,28-30,33-34H2,1-10H3,(H,57,61,63)(H,58,62,64)/t39-,43+,44+,45-,46-,47-,48-,72-/m1/s1. The molecule has 2 aliphatic heterocycles. The molecule has 0 amide bonds. The minimum absolute atomic E-state index is 0.00919. The first-order valence-electron chi connectivity index (χ1n) is 25.1. The van der Waals surface area contributed by atoms with E-state index in [0.717, 1.165) is 27.0 Å². The second kappa shape index (κ2) is 22.5. The summed E-state index contributed by atoms with van der Waals surface area (Å²) in [6, 6.07) is 32.7. The molecule has 3 aromatic carbocycles. The number of ether oxygens (including phenoxy) is 2. The molecule has 0 saturated carbocycles. The van der Waals surface area contributed by atoms with Crippen LogP contribution >= 0.6 is 8.60 Å². The normalized spacial score (nSPS) is 21.5. The van der Waals surface area contributed by atoms with Gasteiger partial charge in [0.25, 0.3) is 19.4 Å². The Hall–Kier alpha value is -5.37. The summed E-state index contributed by atoms with van der Waals surface area (Å²) < 4.78 is 51.4. The third-order valence-corrected chi connectivity index (χ3v) is 25.4. The maximum absolute atomic E-state index is 13.6. The van der Waals surface area contributed by atoms with Gasteiger partial charge in [0, 0.05) is 54.0 Å². The van der Waals surface area contributed by atoms with Crippen LogP contribution in [0.2, 0.25) is 23.2 Å². The summed E-state index contributed by atoms with van der Waals surface area (Å²) in [5, 5.41) is 12.8. The van der Waals surface area contributed by atoms with Gasteiger partial charge in [-0.05, 0) is 64.9 Å². The minimum Gasteiger partial charge on any atom is -0.414 e. The summed E-state index contributed by atoms with van der Waals surface area (Å²) >= 11 is 0. The molecule has 5 heterocycles. The molecule has 8 rings (SSSR count). The number of H-pyrrole nitrogens is 3. The Balaban J connectivity index is 1.18. The van der Waals surface area contributed by atoms with Crippen molar-refractivity contribution in [2.75, 3.05) is 13.2 Å². The molecule has 394 valence electrons. The van der Waals surface area contributed by atoms with Gasteiger partial charge in [-0.2, -0.15) is 5.26 Å². The summed E-state index contributed by atoms with van der Waals surface area (Å²) in [5.74, 6) is 0. The number of aromatic nitrogens is 5. The van der Waals surface area contributed by atoms with Crippen molar-refractivity contribution in [3.8, 4) is 6.07 Å². The van der Waals surface area contributed by atoms with E-state index in [9.17, 15) is 24.4 Å². The highest BCUT2D eigenvalue weighted by atomic mass is 31.2. The second-order valence-electron chi connectivity index (χ2n) is 21.9. The Bertz CT molecular complexity index is 3100. The summed E-state index contributed by atoms with van der Waals surface area (Å²) in [6.07, 6.45) is -1.75. The van der Waals surface area contributed by atoms with Gasteiger partial charge in [0.1, 0.15) is 24.7 Å². The van der Waals surface area contributed by atoms with E-state index in [2.05, 4.69) is 99.9 Å². The lowest BCUT2D eigenvalue weighted by Crippen LogP contribution is -2.68. The number of nitrogens with zero attached hydrogens (tertiary/aromatic N) is 3. The SMILES string of the molecule is Cc1cn([C@H]2C[C@H](O[P@](OC[C@H]3O[C@@H](n4cc(C)c(=O)[nH]c4=O)C[C@@H]3O[Si](c3ccccc3)(c3ccccc3)C(C)(C)C)O[C@H](CC#N)Cc3cc4ccccc4[nH]3)[C@@H](CO[Si](C)(C)C(C)(C)C)O2)c(=O)[nH]c1=O. The fourth-order valence-electron chi connectivity index (χ4n) is 9.49. The lowest BCUT2D eigenvalue weighted by molar-refractivity contribution is -0.0536. The van der Waals surface area contributed by atoms with Crippen LogP contribution in [0.4, 0.5) is 0 Å². The average Bonchev–Trinajstić information content (AvgIpc) is 4.07. The van der Waals surface area contributed by atoms with E-state index < -0.39 is 95.7 Å². The highest BCUT2D eigenvalue weighted by Gasteiger charge is 2.54. The minimum atomic E-state index is -3.25. The third kappa shape index (κ3) is 12.0. The number of hydrogen-bond donors (Lipinski definition) is 3. The molecule has 3 aromatic heterocycles. The maximum Gasteiger partial charge on any atom is 0.333 e. The molecule has 0 spiro atoms. The molecule has 0 bridgehead atoms. The van der Waals surface area contributed by atoms with Crippen molar-refractivity contribution < 1.29 is 31.9 Å². The van der Waals surface area contributed by atoms with E-state index in [4.69, 9.17) is 31.9 Å². The van der Waals surface area contributed by atoms with E-state index >= 15 is 0 Å². The Morgan fingerprint density at radius 2 is 1.26 bits per heavy atom. The number of nitrogens with one attached hydrogen (secondary N) is 3. The van der Waals surface area contributed by atoms with E-state index in [1.54, 1.807) is 13.8 Å². The molecule has 0 radical (unpaired) electrons. The van der Waals surface area contributed by atoms with E-state index in [1.807, 2.05) is 66.7 Å². The van der Waals surface area contributed by atoms with Gasteiger partial charge in [-0.15, -0.1) is 0 Å². The number of fused-ring (bicyclic) bond motifs is 1. The van der Waals surface area contributed by atoms with Crippen LogP contribution in [0.5, 0.6) is 0 Å². The van der Waals surface area contributed by atoms with Crippen molar-refractivity contribution in [1.82, 2.24) is 24.1 Å². The fraction of sp³-hybridized carbons (Fsp3) is 0.463. The molecule has 0 unspecified atom stereocenters. The maximum atomic E-state index is 13.6. The summed E-state index contributed by atoms with van der Waals surface area (Å²) in [4.78, 5) is 60.3. The lowest BCUT2D eigenvalue weighted by Gasteiger charge is -2.45. The van der Waals surface area contributed by atoms with Gasteiger partial charge in [0.2, 0.25) is 0 Å². The number of hydrogen-bond acceptors (Lipinski definition) is 12. The molecule has 3 N–H and O–H groups in total. The van der Waals surface area contributed by atoms with Gasteiger partial charge in [-0.1, -0.05) is 120 Å². The number of benzene rings is 3. The average molecular weight is 1070 g/mol. The van der Waals surface area contributed by atoms with Gasteiger partial charge in [-0.3, -0.25) is 28.7 Å². The van der Waals surface area contributed by atoms with E-state index in [1.165, 1.54) is 21.5 Å². The largest absolute Gasteiger partial charge is 0.414 e. The number of aryl methyl sites for hydroxylation is 2. The van der Waals surface area contributed by atoms with Crippen LogP contribution in [0.15, 0.2) is 123 Å². The summed E-state index contributed by atoms with van der Waals surface area (Å²) in [6.45, 7) is 20.5. The first-order chi connectivity index (χ1) is 35.1. The zero-order valence-corrected chi connectivity index (χ0v) is 46.8. The van der Waals surface area contributed by atoms with Crippen molar-refractivity contribution in [3.63, 3.8) is 0 Å². The number of aromatic amines is 3. The van der Waals surface area contributed by atoms with Gasteiger partial charge >= 0.3 is 20.0 Å². The predicted molar refractivity (Wildman–Crippen MR) is 290 cm³/mol. The van der Waals surface area contributed by atoms with Crippen LogP contribution in [0.1, 0.15) is 90.1 Å². The summed E-state index contributed by atoms with van der Waals surface area (Å²) in [7, 11) is -7.98. The van der Waals surface area contributed by atoms with Crippen LogP contribution in [-0.2, 0) is 38.3 Å². The molecule has 20 heteroatoms. The number of para-hydroxylation sites is 1. The molecule has 17 nitrogen and oxygen atoms in total. The second-order valence-corrected chi connectivity index (χ2v) is 32.1. The van der Waals surface area contributed by atoms with Crippen molar-refractivity contribution >= 4 is 46.5 Å². The first kappa shape index (κ1) is 54.9.